The van der Waals surface area contributed by atoms with E-state index in [0.29, 0.717) is 5.69 Å². The number of nitrogens with one attached hydrogen (secondary N) is 2. The summed E-state index contributed by atoms with van der Waals surface area (Å²) in [6.45, 7) is 3.10. The van der Waals surface area contributed by atoms with Crippen molar-refractivity contribution in [3.8, 4) is 0 Å². The lowest BCUT2D eigenvalue weighted by molar-refractivity contribution is -0.122. The standard InChI is InChI=1S/C9H13N3O2/c1-9(2,8(10)14)12-7(13)6-4-3-5-11-6/h3-5,11H,1-2H3,(H2,10,14)(H,12,13). The predicted molar refractivity (Wildman–Crippen MR) is 51.5 cm³/mol. The Morgan fingerprint density at radius 2 is 2.14 bits per heavy atom. The van der Waals surface area contributed by atoms with Crippen LogP contribution in [-0.4, -0.2) is 22.3 Å². The van der Waals surface area contributed by atoms with Crippen LogP contribution in [0.2, 0.25) is 0 Å². The van der Waals surface area contributed by atoms with Gasteiger partial charge in [0.25, 0.3) is 5.91 Å². The van der Waals surface area contributed by atoms with Crippen LogP contribution in [0, 0.1) is 0 Å². The summed E-state index contributed by atoms with van der Waals surface area (Å²) in [5.41, 5.74) is 4.47. The molecule has 0 aliphatic carbocycles. The second-order valence-electron chi connectivity index (χ2n) is 3.53. The summed E-state index contributed by atoms with van der Waals surface area (Å²) < 4.78 is 0. The molecule has 0 saturated carbocycles. The molecule has 0 aliphatic heterocycles. The number of amides is 2. The number of hydrogen-bond donors (Lipinski definition) is 3. The molecule has 1 rings (SSSR count). The number of nitrogens with two attached hydrogens (primary N) is 1. The molecule has 1 aromatic rings. The van der Waals surface area contributed by atoms with Crippen molar-refractivity contribution in [2.75, 3.05) is 0 Å². The highest BCUT2D eigenvalue weighted by molar-refractivity contribution is 5.97. The van der Waals surface area contributed by atoms with E-state index >= 15 is 0 Å². The topological polar surface area (TPSA) is 88.0 Å². The minimum Gasteiger partial charge on any atom is -0.368 e. The molecule has 0 saturated heterocycles. The number of hydrogen-bond acceptors (Lipinski definition) is 2. The number of carbonyl (C=O) groups excluding carboxylic acids is 2. The van der Waals surface area contributed by atoms with Gasteiger partial charge in [-0.3, -0.25) is 9.59 Å². The summed E-state index contributed by atoms with van der Waals surface area (Å²) in [6, 6.07) is 3.32. The summed E-state index contributed by atoms with van der Waals surface area (Å²) in [5, 5.41) is 2.51. The highest BCUT2D eigenvalue weighted by Crippen LogP contribution is 2.03. The Balaban J connectivity index is 2.71. The van der Waals surface area contributed by atoms with Crippen LogP contribution in [0.3, 0.4) is 0 Å². The van der Waals surface area contributed by atoms with E-state index in [-0.39, 0.29) is 5.91 Å². The zero-order chi connectivity index (χ0) is 10.8. The molecule has 0 fully saturated rings. The zero-order valence-electron chi connectivity index (χ0n) is 8.13. The molecule has 0 atom stereocenters. The molecule has 0 aromatic carbocycles. The lowest BCUT2D eigenvalue weighted by atomic mass is 10.1. The van der Waals surface area contributed by atoms with Gasteiger partial charge in [0.2, 0.25) is 5.91 Å². The van der Waals surface area contributed by atoms with Gasteiger partial charge in [0.1, 0.15) is 11.2 Å². The molecular formula is C9H13N3O2. The van der Waals surface area contributed by atoms with Crippen LogP contribution >= 0.6 is 0 Å². The first kappa shape index (κ1) is 10.3. The van der Waals surface area contributed by atoms with Crippen LogP contribution in [0.4, 0.5) is 0 Å². The SMILES string of the molecule is CC(C)(NC(=O)c1ccc[nH]1)C(N)=O. The minimum absolute atomic E-state index is 0.348. The third kappa shape index (κ3) is 2.12. The third-order valence-electron chi connectivity index (χ3n) is 1.88. The van der Waals surface area contributed by atoms with Gasteiger partial charge in [-0.1, -0.05) is 0 Å². The van der Waals surface area contributed by atoms with E-state index in [0.717, 1.165) is 0 Å². The molecule has 0 aliphatic rings. The van der Waals surface area contributed by atoms with Gasteiger partial charge in [-0.2, -0.15) is 0 Å². The third-order valence-corrected chi connectivity index (χ3v) is 1.88. The van der Waals surface area contributed by atoms with E-state index in [2.05, 4.69) is 10.3 Å². The Kier molecular flexibility index (Phi) is 2.60. The molecule has 0 unspecified atom stereocenters. The number of rotatable bonds is 3. The van der Waals surface area contributed by atoms with Crippen LogP contribution in [0.15, 0.2) is 18.3 Å². The Morgan fingerprint density at radius 3 is 2.57 bits per heavy atom. The summed E-state index contributed by atoms with van der Waals surface area (Å²) in [5.74, 6) is -0.920. The van der Waals surface area contributed by atoms with Crippen molar-refractivity contribution in [2.24, 2.45) is 5.73 Å². The predicted octanol–water partition coefficient (Wildman–Crippen LogP) is 0.00840. The van der Waals surface area contributed by atoms with Crippen LogP contribution in [-0.2, 0) is 4.79 Å². The smallest absolute Gasteiger partial charge is 0.268 e. The van der Waals surface area contributed by atoms with E-state index in [9.17, 15) is 9.59 Å². The molecule has 76 valence electrons. The average Bonchev–Trinajstić information content (AvgIpc) is 2.54. The molecular weight excluding hydrogens is 182 g/mol. The van der Waals surface area contributed by atoms with Crippen molar-refractivity contribution in [3.05, 3.63) is 24.0 Å². The first-order valence-corrected chi connectivity index (χ1v) is 4.19. The summed E-state index contributed by atoms with van der Waals surface area (Å²) >= 11 is 0. The molecule has 0 spiro atoms. The van der Waals surface area contributed by atoms with Gasteiger partial charge in [-0.15, -0.1) is 0 Å². The van der Waals surface area contributed by atoms with Crippen molar-refractivity contribution in [2.45, 2.75) is 19.4 Å². The number of primary amides is 1. The van der Waals surface area contributed by atoms with Crippen molar-refractivity contribution < 1.29 is 9.59 Å². The number of aromatic amines is 1. The second-order valence-corrected chi connectivity index (χ2v) is 3.53. The van der Waals surface area contributed by atoms with E-state index in [1.54, 1.807) is 32.2 Å². The van der Waals surface area contributed by atoms with Crippen molar-refractivity contribution in [3.63, 3.8) is 0 Å². The zero-order valence-corrected chi connectivity index (χ0v) is 8.13. The van der Waals surface area contributed by atoms with E-state index < -0.39 is 11.4 Å². The quantitative estimate of drug-likeness (QED) is 0.634. The lowest BCUT2D eigenvalue weighted by Crippen LogP contribution is -2.53. The van der Waals surface area contributed by atoms with Gasteiger partial charge in [-0.05, 0) is 26.0 Å². The first-order valence-electron chi connectivity index (χ1n) is 4.19. The van der Waals surface area contributed by atoms with Gasteiger partial charge in [0.05, 0.1) is 0 Å². The maximum absolute atomic E-state index is 11.5. The average molecular weight is 195 g/mol. The Bertz CT molecular complexity index is 341. The molecule has 4 N–H and O–H groups in total. The highest BCUT2D eigenvalue weighted by atomic mass is 16.2. The molecule has 2 amide bonds. The summed E-state index contributed by atoms with van der Waals surface area (Å²) in [6.07, 6.45) is 1.63. The van der Waals surface area contributed by atoms with E-state index in [1.807, 2.05) is 0 Å². The van der Waals surface area contributed by atoms with E-state index in [1.165, 1.54) is 0 Å². The molecule has 0 radical (unpaired) electrons. The lowest BCUT2D eigenvalue weighted by Gasteiger charge is -2.21. The van der Waals surface area contributed by atoms with Gasteiger partial charge in [0, 0.05) is 6.20 Å². The van der Waals surface area contributed by atoms with E-state index in [4.69, 9.17) is 5.73 Å². The van der Waals surface area contributed by atoms with Crippen LogP contribution in [0.25, 0.3) is 0 Å². The normalized spacial score (nSPS) is 11.0. The van der Waals surface area contributed by atoms with Gasteiger partial charge in [-0.25, -0.2) is 0 Å². The molecule has 14 heavy (non-hydrogen) atoms. The monoisotopic (exact) mass is 195 g/mol. The van der Waals surface area contributed by atoms with Crippen LogP contribution in [0.1, 0.15) is 24.3 Å². The van der Waals surface area contributed by atoms with Crippen molar-refractivity contribution in [1.29, 1.82) is 0 Å². The number of aromatic nitrogens is 1. The largest absolute Gasteiger partial charge is 0.368 e. The molecule has 1 heterocycles. The maximum atomic E-state index is 11.5. The Labute approximate surface area is 81.7 Å². The van der Waals surface area contributed by atoms with Crippen molar-refractivity contribution >= 4 is 11.8 Å². The van der Waals surface area contributed by atoms with Crippen molar-refractivity contribution in [1.82, 2.24) is 10.3 Å². The Hall–Kier alpha value is -1.78. The van der Waals surface area contributed by atoms with Gasteiger partial charge >= 0.3 is 0 Å². The molecule has 5 nitrogen and oxygen atoms in total. The van der Waals surface area contributed by atoms with Crippen LogP contribution in [0.5, 0.6) is 0 Å². The first-order chi connectivity index (χ1) is 6.43. The Morgan fingerprint density at radius 1 is 1.50 bits per heavy atom. The number of carbonyl (C=O) groups is 2. The second kappa shape index (κ2) is 3.53. The molecule has 0 bridgehead atoms. The molecule has 5 heteroatoms. The fourth-order valence-electron chi connectivity index (χ4n) is 0.884. The fourth-order valence-corrected chi connectivity index (χ4v) is 0.884. The fraction of sp³-hybridized carbons (Fsp3) is 0.333. The van der Waals surface area contributed by atoms with Gasteiger partial charge in [0.15, 0.2) is 0 Å². The number of H-pyrrole nitrogens is 1. The summed E-state index contributed by atoms with van der Waals surface area (Å²) in [4.78, 5) is 25.1. The van der Waals surface area contributed by atoms with Crippen LogP contribution < -0.4 is 11.1 Å². The summed E-state index contributed by atoms with van der Waals surface area (Å²) in [7, 11) is 0. The minimum atomic E-state index is -1.04. The molecule has 1 aromatic heterocycles. The van der Waals surface area contributed by atoms with Gasteiger partial charge < -0.3 is 16.0 Å². The highest BCUT2D eigenvalue weighted by Gasteiger charge is 2.27. The maximum Gasteiger partial charge on any atom is 0.268 e.